The molecule has 8 nitrogen and oxygen atoms in total. The van der Waals surface area contributed by atoms with E-state index in [0.29, 0.717) is 11.4 Å². The van der Waals surface area contributed by atoms with Gasteiger partial charge in [-0.1, -0.05) is 5.16 Å². The molecule has 25 heavy (non-hydrogen) atoms. The predicted octanol–water partition coefficient (Wildman–Crippen LogP) is 1.66. The Hall–Kier alpha value is -3.10. The summed E-state index contributed by atoms with van der Waals surface area (Å²) in [4.78, 5) is 27.8. The van der Waals surface area contributed by atoms with Gasteiger partial charge in [-0.3, -0.25) is 9.59 Å². The normalized spacial score (nSPS) is 15.7. The molecule has 1 atom stereocenters. The summed E-state index contributed by atoms with van der Waals surface area (Å²) in [6.45, 7) is 1.69. The van der Waals surface area contributed by atoms with Crippen LogP contribution < -0.4 is 5.32 Å². The summed E-state index contributed by atoms with van der Waals surface area (Å²) in [5, 5.41) is 11.7. The molecule has 1 aromatic carbocycles. The number of carbonyl (C=O) groups excluding carboxylic acids is 2. The molecule has 0 saturated heterocycles. The number of amides is 2. The first kappa shape index (κ1) is 16.7. The molecular weight excluding hydrogens is 329 g/mol. The summed E-state index contributed by atoms with van der Waals surface area (Å²) in [5.41, 5.74) is 0.874. The van der Waals surface area contributed by atoms with Crippen LogP contribution in [0.25, 0.3) is 11.4 Å². The summed E-state index contributed by atoms with van der Waals surface area (Å²) >= 11 is 0. The Labute approximate surface area is 142 Å². The van der Waals surface area contributed by atoms with E-state index in [0.717, 1.165) is 5.01 Å². The molecule has 1 aliphatic rings. The Balaban J connectivity index is 1.68. The quantitative estimate of drug-likeness (QED) is 0.908. The lowest BCUT2D eigenvalue weighted by atomic mass is 10.1. The molecule has 1 N–H and O–H groups in total. The summed E-state index contributed by atoms with van der Waals surface area (Å²) in [6, 6.07) is 5.14. The molecule has 2 amide bonds. The largest absolute Gasteiger partial charge is 0.339 e. The fourth-order valence-corrected chi connectivity index (χ4v) is 2.30. The Morgan fingerprint density at radius 2 is 2.04 bits per heavy atom. The average Bonchev–Trinajstić information content (AvgIpc) is 3.08. The van der Waals surface area contributed by atoms with Crippen LogP contribution in [0.1, 0.15) is 31.7 Å². The molecule has 0 bridgehead atoms. The van der Waals surface area contributed by atoms with Gasteiger partial charge in [-0.15, -0.1) is 0 Å². The van der Waals surface area contributed by atoms with E-state index in [2.05, 4.69) is 20.6 Å². The summed E-state index contributed by atoms with van der Waals surface area (Å²) < 4.78 is 18.1. The minimum atomic E-state index is -0.542. The van der Waals surface area contributed by atoms with Crippen LogP contribution in [0.3, 0.4) is 0 Å². The van der Waals surface area contributed by atoms with Crippen LogP contribution in [0, 0.1) is 5.82 Å². The van der Waals surface area contributed by atoms with Crippen molar-refractivity contribution in [3.8, 4) is 11.4 Å². The number of rotatable bonds is 4. The van der Waals surface area contributed by atoms with E-state index in [4.69, 9.17) is 4.52 Å². The molecule has 2 aromatic rings. The second-order valence-corrected chi connectivity index (χ2v) is 5.62. The topological polar surface area (TPSA) is 101 Å². The molecule has 0 spiro atoms. The molecule has 0 saturated carbocycles. The Kier molecular flexibility index (Phi) is 4.55. The first-order chi connectivity index (χ1) is 11.9. The van der Waals surface area contributed by atoms with E-state index >= 15 is 0 Å². The number of hydrogen-bond acceptors (Lipinski definition) is 6. The highest BCUT2D eigenvalue weighted by atomic mass is 19.1. The van der Waals surface area contributed by atoms with Crippen molar-refractivity contribution in [3.05, 3.63) is 36.0 Å². The molecule has 0 fully saturated rings. The van der Waals surface area contributed by atoms with Gasteiger partial charge in [0, 0.05) is 25.5 Å². The smallest absolute Gasteiger partial charge is 0.268 e. The van der Waals surface area contributed by atoms with Crippen molar-refractivity contribution >= 4 is 17.5 Å². The zero-order valence-electron chi connectivity index (χ0n) is 13.7. The van der Waals surface area contributed by atoms with Gasteiger partial charge in [-0.2, -0.15) is 10.1 Å². The molecule has 0 unspecified atom stereocenters. The number of halogens is 1. The van der Waals surface area contributed by atoms with Gasteiger partial charge in [-0.05, 0) is 31.2 Å². The van der Waals surface area contributed by atoms with Gasteiger partial charge in [0.25, 0.3) is 5.91 Å². The van der Waals surface area contributed by atoms with E-state index in [-0.39, 0.29) is 36.2 Å². The van der Waals surface area contributed by atoms with E-state index in [9.17, 15) is 14.0 Å². The standard InChI is InChI=1S/C16H16FN5O3/c1-9(18-15(24)12-7-8-13(23)22(2)20-12)16-19-14(21-25-16)10-3-5-11(17)6-4-10/h3-6,9H,7-8H2,1-2H3,(H,18,24)/t9-/m1/s1. The van der Waals surface area contributed by atoms with Gasteiger partial charge in [0.1, 0.15) is 17.6 Å². The highest BCUT2D eigenvalue weighted by Crippen LogP contribution is 2.19. The van der Waals surface area contributed by atoms with Crippen molar-refractivity contribution < 1.29 is 18.5 Å². The number of aromatic nitrogens is 2. The maximum Gasteiger partial charge on any atom is 0.268 e. The van der Waals surface area contributed by atoms with E-state index < -0.39 is 11.9 Å². The van der Waals surface area contributed by atoms with Gasteiger partial charge >= 0.3 is 0 Å². The predicted molar refractivity (Wildman–Crippen MR) is 85.7 cm³/mol. The van der Waals surface area contributed by atoms with E-state index in [1.54, 1.807) is 6.92 Å². The first-order valence-corrected chi connectivity index (χ1v) is 7.68. The molecule has 1 aromatic heterocycles. The zero-order chi connectivity index (χ0) is 18.0. The number of nitrogens with zero attached hydrogens (tertiary/aromatic N) is 4. The fourth-order valence-electron chi connectivity index (χ4n) is 2.30. The molecule has 9 heteroatoms. The van der Waals surface area contributed by atoms with E-state index in [1.807, 2.05) is 0 Å². The van der Waals surface area contributed by atoms with Crippen LogP contribution in [-0.2, 0) is 9.59 Å². The third-order valence-electron chi connectivity index (χ3n) is 3.73. The number of carbonyl (C=O) groups is 2. The van der Waals surface area contributed by atoms with Crippen LogP contribution in [0.15, 0.2) is 33.9 Å². The average molecular weight is 345 g/mol. The van der Waals surface area contributed by atoms with Crippen molar-refractivity contribution in [3.63, 3.8) is 0 Å². The van der Waals surface area contributed by atoms with Crippen molar-refractivity contribution in [2.45, 2.75) is 25.8 Å². The van der Waals surface area contributed by atoms with E-state index in [1.165, 1.54) is 31.3 Å². The van der Waals surface area contributed by atoms with Crippen LogP contribution in [-0.4, -0.2) is 39.7 Å². The third kappa shape index (κ3) is 3.70. The Bertz CT molecular complexity index is 831. The van der Waals surface area contributed by atoms with Gasteiger partial charge in [0.15, 0.2) is 0 Å². The minimum absolute atomic E-state index is 0.134. The second kappa shape index (κ2) is 6.80. The van der Waals surface area contributed by atoms with Gasteiger partial charge in [-0.25, -0.2) is 9.40 Å². The zero-order valence-corrected chi connectivity index (χ0v) is 13.7. The number of benzene rings is 1. The minimum Gasteiger partial charge on any atom is -0.339 e. The first-order valence-electron chi connectivity index (χ1n) is 7.68. The van der Waals surface area contributed by atoms with Crippen molar-refractivity contribution in [1.82, 2.24) is 20.5 Å². The van der Waals surface area contributed by atoms with Crippen molar-refractivity contribution in [2.24, 2.45) is 5.10 Å². The summed E-state index contributed by atoms with van der Waals surface area (Å²) in [7, 11) is 1.51. The molecule has 2 heterocycles. The lowest BCUT2D eigenvalue weighted by Crippen LogP contribution is -2.38. The van der Waals surface area contributed by atoms with Crippen LogP contribution >= 0.6 is 0 Å². The lowest BCUT2D eigenvalue weighted by molar-refractivity contribution is -0.130. The van der Waals surface area contributed by atoms with Crippen molar-refractivity contribution in [2.75, 3.05) is 7.05 Å². The number of hydrogen-bond donors (Lipinski definition) is 1. The maximum absolute atomic E-state index is 13.0. The number of hydrazone groups is 1. The van der Waals surface area contributed by atoms with Gasteiger partial charge in [0.05, 0.1) is 0 Å². The highest BCUT2D eigenvalue weighted by Gasteiger charge is 2.24. The lowest BCUT2D eigenvalue weighted by Gasteiger charge is -2.19. The Morgan fingerprint density at radius 3 is 2.72 bits per heavy atom. The molecule has 130 valence electrons. The molecule has 1 aliphatic heterocycles. The molecule has 0 radical (unpaired) electrons. The second-order valence-electron chi connectivity index (χ2n) is 5.62. The summed E-state index contributed by atoms with van der Waals surface area (Å²) in [5.74, 6) is -0.367. The van der Waals surface area contributed by atoms with Crippen LogP contribution in [0.2, 0.25) is 0 Å². The van der Waals surface area contributed by atoms with Crippen molar-refractivity contribution in [1.29, 1.82) is 0 Å². The van der Waals surface area contributed by atoms with Gasteiger partial charge in [0.2, 0.25) is 17.6 Å². The maximum atomic E-state index is 13.0. The van der Waals surface area contributed by atoms with Crippen LogP contribution in [0.5, 0.6) is 0 Å². The Morgan fingerprint density at radius 1 is 1.32 bits per heavy atom. The number of nitrogens with one attached hydrogen (secondary N) is 1. The SMILES string of the molecule is C[C@@H](NC(=O)C1=NN(C)C(=O)CC1)c1nc(-c2ccc(F)cc2)no1. The molecule has 0 aliphatic carbocycles. The fraction of sp³-hybridized carbons (Fsp3) is 0.312. The molecule has 3 rings (SSSR count). The third-order valence-corrected chi connectivity index (χ3v) is 3.73. The van der Waals surface area contributed by atoms with Crippen LogP contribution in [0.4, 0.5) is 4.39 Å². The summed E-state index contributed by atoms with van der Waals surface area (Å²) in [6.07, 6.45) is 0.527. The van der Waals surface area contributed by atoms with Gasteiger partial charge < -0.3 is 9.84 Å². The highest BCUT2D eigenvalue weighted by molar-refractivity contribution is 6.39. The monoisotopic (exact) mass is 345 g/mol. The molecular formula is C16H16FN5O3.